The average Bonchev–Trinajstić information content (AvgIpc) is 2.66. The van der Waals surface area contributed by atoms with Crippen LogP contribution >= 0.6 is 0 Å². The monoisotopic (exact) mass is 202 g/mol. The summed E-state index contributed by atoms with van der Waals surface area (Å²) in [6, 6.07) is 6.46. The molecule has 1 heterocycles. The van der Waals surface area contributed by atoms with E-state index in [1.807, 2.05) is 6.07 Å². The number of fused-ring (bicyclic) bond motifs is 1. The van der Waals surface area contributed by atoms with Crippen LogP contribution in [0.4, 0.5) is 5.69 Å². The summed E-state index contributed by atoms with van der Waals surface area (Å²) < 4.78 is 5.14. The highest BCUT2D eigenvalue weighted by Crippen LogP contribution is 2.29. The predicted molar refractivity (Wildman–Crippen MR) is 52.2 cm³/mol. The van der Waals surface area contributed by atoms with Gasteiger partial charge in [0.2, 0.25) is 0 Å². The first-order chi connectivity index (χ1) is 7.24. The third-order valence-electron chi connectivity index (χ3n) is 2.14. The molecular weight excluding hydrogens is 196 g/mol. The highest BCUT2D eigenvalue weighted by molar-refractivity contribution is 5.89. The smallest absolute Gasteiger partial charge is 0.280 e. The molecule has 0 atom stereocenters. The van der Waals surface area contributed by atoms with Crippen molar-refractivity contribution in [3.63, 3.8) is 0 Å². The zero-order valence-corrected chi connectivity index (χ0v) is 7.64. The third kappa shape index (κ3) is 1.42. The number of hydrogen-bond acceptors (Lipinski definition) is 4. The van der Waals surface area contributed by atoms with Crippen molar-refractivity contribution in [3.05, 3.63) is 40.1 Å². The first-order valence-electron chi connectivity index (χ1n) is 4.24. The van der Waals surface area contributed by atoms with Crippen LogP contribution in [-0.2, 0) is 6.42 Å². The average molecular weight is 202 g/mol. The number of rotatable bonds is 2. The number of non-ortho nitro benzene ring substituents is 1. The Bertz CT molecular complexity index is 566. The van der Waals surface area contributed by atoms with Gasteiger partial charge in [0.25, 0.3) is 5.69 Å². The van der Waals surface area contributed by atoms with Crippen LogP contribution in [0.1, 0.15) is 5.56 Å². The largest absolute Gasteiger partial charge is 0.464 e. The molecule has 0 fully saturated rings. The van der Waals surface area contributed by atoms with E-state index in [-0.39, 0.29) is 12.1 Å². The van der Waals surface area contributed by atoms with Gasteiger partial charge in [-0.25, -0.2) is 0 Å². The molecule has 0 saturated carbocycles. The van der Waals surface area contributed by atoms with E-state index in [0.717, 1.165) is 0 Å². The first kappa shape index (κ1) is 9.21. The molecule has 0 spiro atoms. The van der Waals surface area contributed by atoms with E-state index in [1.165, 1.54) is 18.4 Å². The van der Waals surface area contributed by atoms with Crippen molar-refractivity contribution in [2.45, 2.75) is 6.42 Å². The van der Waals surface area contributed by atoms with Gasteiger partial charge in [0.15, 0.2) is 0 Å². The maximum Gasteiger partial charge on any atom is 0.280 e. The lowest BCUT2D eigenvalue weighted by atomic mass is 10.1. The molecule has 0 bridgehead atoms. The summed E-state index contributed by atoms with van der Waals surface area (Å²) in [6.07, 6.45) is 1.57. The summed E-state index contributed by atoms with van der Waals surface area (Å²) >= 11 is 0. The molecule has 0 N–H and O–H groups in total. The molecule has 15 heavy (non-hydrogen) atoms. The maximum atomic E-state index is 10.7. The molecule has 1 aromatic heterocycles. The number of nitro benzene ring substituents is 1. The van der Waals surface area contributed by atoms with Gasteiger partial charge in [-0.05, 0) is 12.1 Å². The summed E-state index contributed by atoms with van der Waals surface area (Å²) in [4.78, 5) is 10.2. The van der Waals surface area contributed by atoms with Gasteiger partial charge in [0.05, 0.1) is 29.1 Å². The number of nitrogens with zero attached hydrogens (tertiary/aromatic N) is 2. The van der Waals surface area contributed by atoms with Crippen molar-refractivity contribution >= 4 is 16.7 Å². The Morgan fingerprint density at radius 2 is 2.27 bits per heavy atom. The van der Waals surface area contributed by atoms with Crippen LogP contribution in [0.25, 0.3) is 11.0 Å². The minimum Gasteiger partial charge on any atom is -0.464 e. The van der Waals surface area contributed by atoms with Crippen molar-refractivity contribution in [1.29, 1.82) is 5.26 Å². The van der Waals surface area contributed by atoms with Crippen molar-refractivity contribution in [2.75, 3.05) is 0 Å². The molecule has 5 heteroatoms. The Kier molecular flexibility index (Phi) is 2.10. The van der Waals surface area contributed by atoms with E-state index in [1.54, 1.807) is 6.07 Å². The van der Waals surface area contributed by atoms with Crippen LogP contribution in [-0.4, -0.2) is 4.92 Å². The lowest BCUT2D eigenvalue weighted by Gasteiger charge is -1.97. The zero-order valence-electron chi connectivity index (χ0n) is 7.64. The number of hydrogen-bond donors (Lipinski definition) is 0. The molecule has 0 aliphatic carbocycles. The normalized spacial score (nSPS) is 10.1. The molecule has 2 aromatic rings. The molecule has 0 saturated heterocycles. The van der Waals surface area contributed by atoms with Crippen molar-refractivity contribution in [2.24, 2.45) is 0 Å². The van der Waals surface area contributed by atoms with Gasteiger partial charge < -0.3 is 4.42 Å². The first-order valence-corrected chi connectivity index (χ1v) is 4.24. The second kappa shape index (κ2) is 3.42. The SMILES string of the molecule is N#CCc1ccc([N+](=O)[O-])c2ccoc12. The van der Waals surface area contributed by atoms with E-state index in [0.29, 0.717) is 16.5 Å². The number of furan rings is 1. The van der Waals surface area contributed by atoms with Gasteiger partial charge in [0.1, 0.15) is 5.58 Å². The fourth-order valence-corrected chi connectivity index (χ4v) is 1.49. The second-order valence-corrected chi connectivity index (χ2v) is 3.00. The molecule has 0 aliphatic heterocycles. The Balaban J connectivity index is 2.72. The quantitative estimate of drug-likeness (QED) is 0.553. The van der Waals surface area contributed by atoms with Crippen LogP contribution in [0, 0.1) is 21.4 Å². The molecule has 5 nitrogen and oxygen atoms in total. The standard InChI is InChI=1S/C10H6N2O3/c11-5-3-7-1-2-9(12(13)14)8-4-6-15-10(7)8/h1-2,4,6H,3H2. The van der Waals surface area contributed by atoms with Gasteiger partial charge >= 0.3 is 0 Å². The molecular formula is C10H6N2O3. The third-order valence-corrected chi connectivity index (χ3v) is 2.14. The minimum atomic E-state index is -0.464. The number of nitriles is 1. The minimum absolute atomic E-state index is 0.000407. The van der Waals surface area contributed by atoms with Crippen LogP contribution < -0.4 is 0 Å². The van der Waals surface area contributed by atoms with E-state index < -0.39 is 4.92 Å². The van der Waals surface area contributed by atoms with Gasteiger partial charge in [-0.1, -0.05) is 0 Å². The van der Waals surface area contributed by atoms with Crippen LogP contribution in [0.15, 0.2) is 28.9 Å². The highest BCUT2D eigenvalue weighted by atomic mass is 16.6. The van der Waals surface area contributed by atoms with Crippen molar-refractivity contribution in [3.8, 4) is 6.07 Å². The van der Waals surface area contributed by atoms with E-state index in [4.69, 9.17) is 9.68 Å². The van der Waals surface area contributed by atoms with E-state index >= 15 is 0 Å². The maximum absolute atomic E-state index is 10.7. The molecule has 0 amide bonds. The number of nitro groups is 1. The topological polar surface area (TPSA) is 80.1 Å². The van der Waals surface area contributed by atoms with Crippen LogP contribution in [0.2, 0.25) is 0 Å². The fourth-order valence-electron chi connectivity index (χ4n) is 1.49. The lowest BCUT2D eigenvalue weighted by molar-refractivity contribution is -0.383. The van der Waals surface area contributed by atoms with E-state index in [9.17, 15) is 10.1 Å². The van der Waals surface area contributed by atoms with E-state index in [2.05, 4.69) is 0 Å². The van der Waals surface area contributed by atoms with Gasteiger partial charge in [-0.15, -0.1) is 0 Å². The molecule has 0 radical (unpaired) electrons. The summed E-state index contributed by atoms with van der Waals surface area (Å²) in [5.74, 6) is 0. The van der Waals surface area contributed by atoms with Crippen LogP contribution in [0.5, 0.6) is 0 Å². The lowest BCUT2D eigenvalue weighted by Crippen LogP contribution is -1.90. The van der Waals surface area contributed by atoms with Crippen LogP contribution in [0.3, 0.4) is 0 Å². The Hall–Kier alpha value is -2.35. The molecule has 74 valence electrons. The summed E-state index contributed by atoms with van der Waals surface area (Å²) in [6.45, 7) is 0. The van der Waals surface area contributed by atoms with Gasteiger partial charge in [-0.3, -0.25) is 10.1 Å². The van der Waals surface area contributed by atoms with Gasteiger partial charge in [-0.2, -0.15) is 5.26 Å². The van der Waals surface area contributed by atoms with Crippen molar-refractivity contribution < 1.29 is 9.34 Å². The molecule has 2 rings (SSSR count). The van der Waals surface area contributed by atoms with Gasteiger partial charge in [0, 0.05) is 11.6 Å². The fraction of sp³-hybridized carbons (Fsp3) is 0.100. The second-order valence-electron chi connectivity index (χ2n) is 3.00. The molecule has 1 aromatic carbocycles. The molecule has 0 unspecified atom stereocenters. The summed E-state index contributed by atoms with van der Waals surface area (Å²) in [5.41, 5.74) is 1.09. The Morgan fingerprint density at radius 3 is 2.93 bits per heavy atom. The number of benzene rings is 1. The highest BCUT2D eigenvalue weighted by Gasteiger charge is 2.16. The predicted octanol–water partition coefficient (Wildman–Crippen LogP) is 2.41. The summed E-state index contributed by atoms with van der Waals surface area (Å²) in [7, 11) is 0. The Labute approximate surface area is 84.7 Å². The zero-order chi connectivity index (χ0) is 10.8. The summed E-state index contributed by atoms with van der Waals surface area (Å²) in [5, 5.41) is 19.7. The van der Waals surface area contributed by atoms with Crippen molar-refractivity contribution in [1.82, 2.24) is 0 Å². The molecule has 0 aliphatic rings. The Morgan fingerprint density at radius 1 is 1.47 bits per heavy atom.